The number of carbonyl (C=O) groups excluding carboxylic acids is 1. The van der Waals surface area contributed by atoms with E-state index in [1.165, 1.54) is 0 Å². The smallest absolute Gasteiger partial charge is 0.410 e. The third kappa shape index (κ3) is 3.47. The summed E-state index contributed by atoms with van der Waals surface area (Å²) in [7, 11) is 0. The van der Waals surface area contributed by atoms with E-state index in [-0.39, 0.29) is 18.1 Å². The van der Waals surface area contributed by atoms with Crippen LogP contribution in [0, 0.1) is 5.92 Å². The van der Waals surface area contributed by atoms with Gasteiger partial charge >= 0.3 is 6.09 Å². The zero-order valence-corrected chi connectivity index (χ0v) is 15.2. The second-order valence-corrected chi connectivity index (χ2v) is 7.01. The van der Waals surface area contributed by atoms with E-state index < -0.39 is 5.60 Å². The normalized spacial score (nSPS) is 29.0. The quantitative estimate of drug-likeness (QED) is 0.897. The van der Waals surface area contributed by atoms with Gasteiger partial charge in [-0.15, -0.1) is 0 Å². The van der Waals surface area contributed by atoms with Gasteiger partial charge in [-0.3, -0.25) is 0 Å². The molecule has 25 heavy (non-hydrogen) atoms. The minimum atomic E-state index is -0.703. The van der Waals surface area contributed by atoms with E-state index in [1.54, 1.807) is 4.90 Å². The molecule has 0 radical (unpaired) electrons. The maximum Gasteiger partial charge on any atom is 0.410 e. The summed E-state index contributed by atoms with van der Waals surface area (Å²) in [4.78, 5) is 14.4. The van der Waals surface area contributed by atoms with Crippen molar-refractivity contribution in [3.63, 3.8) is 0 Å². The molecule has 1 aromatic rings. The summed E-state index contributed by atoms with van der Waals surface area (Å²) in [6.07, 6.45) is 4.16. The predicted molar refractivity (Wildman–Crippen MR) is 95.6 cm³/mol. The zero-order chi connectivity index (χ0) is 17.9. The van der Waals surface area contributed by atoms with Crippen molar-refractivity contribution in [1.29, 1.82) is 0 Å². The molecule has 1 heterocycles. The fourth-order valence-electron chi connectivity index (χ4n) is 4.49. The van der Waals surface area contributed by atoms with Crippen molar-refractivity contribution in [2.75, 3.05) is 19.8 Å². The number of carbonyl (C=O) groups is 1. The van der Waals surface area contributed by atoms with Gasteiger partial charge in [-0.25, -0.2) is 4.79 Å². The highest BCUT2D eigenvalue weighted by Gasteiger charge is 2.51. The number of rotatable bonds is 4. The van der Waals surface area contributed by atoms with Crippen LogP contribution in [0.1, 0.15) is 57.6 Å². The van der Waals surface area contributed by atoms with Crippen LogP contribution in [0.3, 0.4) is 0 Å². The minimum absolute atomic E-state index is 0.0148. The van der Waals surface area contributed by atoms with E-state index >= 15 is 0 Å². The molecule has 5 heteroatoms. The number of amides is 1. The van der Waals surface area contributed by atoms with Crippen molar-refractivity contribution < 1.29 is 19.4 Å². The highest BCUT2D eigenvalue weighted by Crippen LogP contribution is 2.50. The Morgan fingerprint density at radius 3 is 2.80 bits per heavy atom. The third-order valence-corrected chi connectivity index (χ3v) is 5.61. The molecule has 1 aliphatic heterocycles. The number of hydrogen-bond acceptors (Lipinski definition) is 4. The number of hydrogen-bond donors (Lipinski definition) is 1. The lowest BCUT2D eigenvalue weighted by atomic mass is 9.66. The van der Waals surface area contributed by atoms with Crippen LogP contribution in [0.4, 0.5) is 4.79 Å². The Balaban J connectivity index is 2.02. The van der Waals surface area contributed by atoms with Crippen molar-refractivity contribution in [3.05, 3.63) is 29.8 Å². The van der Waals surface area contributed by atoms with Crippen LogP contribution in [0.2, 0.25) is 0 Å². The molecular formula is C20H29NO4. The molecule has 1 saturated heterocycles. The van der Waals surface area contributed by atoms with Crippen LogP contribution in [0.15, 0.2) is 24.3 Å². The van der Waals surface area contributed by atoms with Crippen molar-refractivity contribution in [3.8, 4) is 5.75 Å². The summed E-state index contributed by atoms with van der Waals surface area (Å²) in [6, 6.07) is 7.67. The van der Waals surface area contributed by atoms with Crippen molar-refractivity contribution in [1.82, 2.24) is 4.90 Å². The molecule has 3 atom stereocenters. The van der Waals surface area contributed by atoms with Gasteiger partial charge in [-0.05, 0) is 39.2 Å². The Kier molecular flexibility index (Phi) is 5.52. The van der Waals surface area contributed by atoms with Crippen LogP contribution < -0.4 is 4.74 Å². The number of aliphatic hydroxyl groups is 1. The van der Waals surface area contributed by atoms with Crippen LogP contribution in [-0.2, 0) is 4.74 Å². The van der Waals surface area contributed by atoms with E-state index in [4.69, 9.17) is 9.47 Å². The molecule has 1 N–H and O–H groups in total. The van der Waals surface area contributed by atoms with Crippen molar-refractivity contribution >= 4 is 6.09 Å². The molecular weight excluding hydrogens is 318 g/mol. The number of benzene rings is 1. The lowest BCUT2D eigenvalue weighted by Gasteiger charge is -2.52. The number of likely N-dealkylation sites (tertiary alicyclic amines) is 1. The monoisotopic (exact) mass is 347 g/mol. The van der Waals surface area contributed by atoms with Gasteiger partial charge in [0.25, 0.3) is 0 Å². The molecule has 0 unspecified atom stereocenters. The Labute approximate surface area is 149 Å². The van der Waals surface area contributed by atoms with Gasteiger partial charge in [0.1, 0.15) is 5.75 Å². The molecule has 5 nitrogen and oxygen atoms in total. The molecule has 1 aliphatic carbocycles. The maximum atomic E-state index is 12.6. The Bertz CT molecular complexity index is 605. The molecule has 0 bridgehead atoms. The molecule has 138 valence electrons. The molecule has 3 rings (SSSR count). The van der Waals surface area contributed by atoms with E-state index in [0.717, 1.165) is 37.0 Å². The standard InChI is InChI=1S/C20H29NO4/c1-3-24-17-11-6-5-9-15(17)18-16-10-7-8-12-20(16,23)13-14-21(18)19(22)25-4-2/h5-6,9,11,16,18,23H,3-4,7-8,10,12-14H2,1-2H3/t16-,18+,20+/m0/s1. The van der Waals surface area contributed by atoms with Gasteiger partial charge in [0.05, 0.1) is 24.9 Å². The molecule has 2 aliphatic rings. The van der Waals surface area contributed by atoms with Gasteiger partial charge < -0.3 is 19.5 Å². The summed E-state index contributed by atoms with van der Waals surface area (Å²) < 4.78 is 11.1. The Hall–Kier alpha value is -1.75. The number of piperidine rings is 1. The number of ether oxygens (including phenoxy) is 2. The highest BCUT2D eigenvalue weighted by molar-refractivity contribution is 5.69. The second-order valence-electron chi connectivity index (χ2n) is 7.01. The van der Waals surface area contributed by atoms with Crippen molar-refractivity contribution in [2.45, 2.75) is 57.6 Å². The first-order chi connectivity index (χ1) is 12.1. The third-order valence-electron chi connectivity index (χ3n) is 5.61. The largest absolute Gasteiger partial charge is 0.494 e. The molecule has 1 saturated carbocycles. The summed E-state index contributed by atoms with van der Waals surface area (Å²) in [5, 5.41) is 11.3. The van der Waals surface area contributed by atoms with Crippen LogP contribution in [0.5, 0.6) is 5.75 Å². The second kappa shape index (κ2) is 7.65. The maximum absolute atomic E-state index is 12.6. The lowest BCUT2D eigenvalue weighted by Crippen LogP contribution is -2.56. The summed E-state index contributed by atoms with van der Waals surface area (Å²) in [5.74, 6) is 0.806. The van der Waals surface area contributed by atoms with Gasteiger partial charge in [0.2, 0.25) is 0 Å². The van der Waals surface area contributed by atoms with Gasteiger partial charge in [-0.2, -0.15) is 0 Å². The van der Waals surface area contributed by atoms with Crippen LogP contribution in [-0.4, -0.2) is 41.5 Å². The summed E-state index contributed by atoms with van der Waals surface area (Å²) >= 11 is 0. The average molecular weight is 347 g/mol. The van der Waals surface area contributed by atoms with Gasteiger partial charge in [0, 0.05) is 18.0 Å². The van der Waals surface area contributed by atoms with Crippen LogP contribution in [0.25, 0.3) is 0 Å². The number of para-hydroxylation sites is 1. The summed E-state index contributed by atoms with van der Waals surface area (Å²) in [5.41, 5.74) is 0.271. The Morgan fingerprint density at radius 1 is 1.24 bits per heavy atom. The van der Waals surface area contributed by atoms with E-state index in [2.05, 4.69) is 0 Å². The first-order valence-electron chi connectivity index (χ1n) is 9.48. The number of fused-ring (bicyclic) bond motifs is 1. The average Bonchev–Trinajstić information content (AvgIpc) is 2.61. The molecule has 0 spiro atoms. The fraction of sp³-hybridized carbons (Fsp3) is 0.650. The number of nitrogens with zero attached hydrogens (tertiary/aromatic N) is 1. The first kappa shape index (κ1) is 18.1. The minimum Gasteiger partial charge on any atom is -0.494 e. The molecule has 1 aromatic carbocycles. The Morgan fingerprint density at radius 2 is 2.04 bits per heavy atom. The molecule has 2 fully saturated rings. The van der Waals surface area contributed by atoms with Gasteiger partial charge in [-0.1, -0.05) is 31.0 Å². The predicted octanol–water partition coefficient (Wildman–Crippen LogP) is 3.91. The van der Waals surface area contributed by atoms with E-state index in [1.807, 2.05) is 38.1 Å². The van der Waals surface area contributed by atoms with E-state index in [0.29, 0.717) is 26.2 Å². The topological polar surface area (TPSA) is 59.0 Å². The SMILES string of the molecule is CCOC(=O)N1CC[C@]2(O)CCCC[C@H]2[C@H]1c1ccccc1OCC. The highest BCUT2D eigenvalue weighted by atomic mass is 16.6. The first-order valence-corrected chi connectivity index (χ1v) is 9.48. The molecule has 0 aromatic heterocycles. The van der Waals surface area contributed by atoms with Crippen LogP contribution >= 0.6 is 0 Å². The zero-order valence-electron chi connectivity index (χ0n) is 15.2. The van der Waals surface area contributed by atoms with E-state index in [9.17, 15) is 9.90 Å². The van der Waals surface area contributed by atoms with Crippen molar-refractivity contribution in [2.24, 2.45) is 5.92 Å². The molecule has 1 amide bonds. The fourth-order valence-corrected chi connectivity index (χ4v) is 4.49. The van der Waals surface area contributed by atoms with Gasteiger partial charge in [0.15, 0.2) is 0 Å². The summed E-state index contributed by atoms with van der Waals surface area (Å²) in [6.45, 7) is 5.21. The lowest BCUT2D eigenvalue weighted by molar-refractivity contribution is -0.118.